The van der Waals surface area contributed by atoms with Gasteiger partial charge in [-0.15, -0.1) is 0 Å². The number of hydrogen-bond acceptors (Lipinski definition) is 5. The Balaban J connectivity index is 1.78. The van der Waals surface area contributed by atoms with Crippen LogP contribution in [0.1, 0.15) is 21.5 Å². The van der Waals surface area contributed by atoms with Crippen molar-refractivity contribution in [2.75, 3.05) is 12.0 Å². The average molecular weight is 478 g/mol. The minimum Gasteiger partial charge on any atom is -0.494 e. The van der Waals surface area contributed by atoms with E-state index in [4.69, 9.17) is 16.3 Å². The maximum Gasteiger partial charge on any atom is 0.416 e. The number of carbonyl (C=O) groups excluding carboxylic acids is 1. The number of nitrogens with zero attached hydrogens (tertiary/aromatic N) is 3. The second-order valence-corrected chi connectivity index (χ2v) is 8.14. The molecule has 0 spiro atoms. The van der Waals surface area contributed by atoms with Crippen LogP contribution in [0.2, 0.25) is 5.02 Å². The first-order chi connectivity index (χ1) is 15.3. The van der Waals surface area contributed by atoms with Crippen molar-refractivity contribution in [3.63, 3.8) is 0 Å². The smallest absolute Gasteiger partial charge is 0.416 e. The zero-order valence-electron chi connectivity index (χ0n) is 16.6. The number of amides is 1. The van der Waals surface area contributed by atoms with Crippen molar-refractivity contribution in [1.29, 1.82) is 0 Å². The second-order valence-electron chi connectivity index (χ2n) is 6.75. The van der Waals surface area contributed by atoms with Crippen molar-refractivity contribution in [2.45, 2.75) is 12.7 Å². The molecule has 2 heterocycles. The van der Waals surface area contributed by atoms with Crippen LogP contribution >= 0.6 is 22.9 Å². The minimum absolute atomic E-state index is 0.0965. The summed E-state index contributed by atoms with van der Waals surface area (Å²) in [4.78, 5) is 23.4. The zero-order valence-corrected chi connectivity index (χ0v) is 18.1. The molecule has 0 N–H and O–H groups in total. The maximum atomic E-state index is 13.4. The number of hydrogen-bond donors (Lipinski definition) is 0. The molecule has 0 bridgehead atoms. The molecule has 164 valence electrons. The molecule has 32 heavy (non-hydrogen) atoms. The van der Waals surface area contributed by atoms with Gasteiger partial charge >= 0.3 is 6.18 Å². The Labute approximate surface area is 190 Å². The van der Waals surface area contributed by atoms with Gasteiger partial charge in [0.25, 0.3) is 5.91 Å². The molecule has 0 aliphatic carbocycles. The van der Waals surface area contributed by atoms with E-state index in [0.29, 0.717) is 26.1 Å². The van der Waals surface area contributed by atoms with Gasteiger partial charge in [-0.2, -0.15) is 13.2 Å². The lowest BCUT2D eigenvalue weighted by Crippen LogP contribution is -2.30. The predicted octanol–water partition coefficient (Wildman–Crippen LogP) is 6.22. The molecule has 5 nitrogen and oxygen atoms in total. The van der Waals surface area contributed by atoms with Crippen molar-refractivity contribution in [3.05, 3.63) is 82.6 Å². The third kappa shape index (κ3) is 4.39. The summed E-state index contributed by atoms with van der Waals surface area (Å²) in [6.45, 7) is 0.119. The highest BCUT2D eigenvalue weighted by Gasteiger charge is 2.31. The predicted molar refractivity (Wildman–Crippen MR) is 117 cm³/mol. The van der Waals surface area contributed by atoms with Gasteiger partial charge < -0.3 is 4.74 Å². The number of rotatable bonds is 5. The first kappa shape index (κ1) is 22.0. The molecule has 0 aliphatic heterocycles. The lowest BCUT2D eigenvalue weighted by Gasteiger charge is -2.20. The SMILES string of the molecule is COc1ccc(Cl)c2sc(N(Cc3cccnc3)C(=O)c3ccc(C(F)(F)F)cc3)nc12. The average Bonchev–Trinajstić information content (AvgIpc) is 3.24. The number of aromatic nitrogens is 2. The van der Waals surface area contributed by atoms with Gasteiger partial charge in [0.1, 0.15) is 11.3 Å². The number of alkyl halides is 3. The lowest BCUT2D eigenvalue weighted by atomic mass is 10.1. The molecule has 10 heteroatoms. The van der Waals surface area contributed by atoms with E-state index in [1.807, 2.05) is 0 Å². The summed E-state index contributed by atoms with van der Waals surface area (Å²) in [6.07, 6.45) is -1.28. The van der Waals surface area contributed by atoms with Gasteiger partial charge in [0.15, 0.2) is 5.13 Å². The molecule has 2 aromatic heterocycles. The van der Waals surface area contributed by atoms with Gasteiger partial charge in [0.2, 0.25) is 0 Å². The lowest BCUT2D eigenvalue weighted by molar-refractivity contribution is -0.137. The van der Waals surface area contributed by atoms with Crippen molar-refractivity contribution < 1.29 is 22.7 Å². The summed E-state index contributed by atoms with van der Waals surface area (Å²) in [5.41, 5.74) is 0.491. The Hall–Kier alpha value is -3.17. The Bertz CT molecular complexity index is 1260. The Morgan fingerprint density at radius 2 is 1.91 bits per heavy atom. The van der Waals surface area contributed by atoms with E-state index in [0.717, 1.165) is 29.8 Å². The van der Waals surface area contributed by atoms with Crippen molar-refractivity contribution in [2.24, 2.45) is 0 Å². The highest BCUT2D eigenvalue weighted by Crippen LogP contribution is 2.39. The molecular weight excluding hydrogens is 463 g/mol. The third-order valence-corrected chi connectivity index (χ3v) is 6.20. The number of anilines is 1. The standard InChI is InChI=1S/C22H15ClF3N3O2S/c1-31-17-9-8-16(23)19-18(17)28-21(32-19)29(12-13-3-2-10-27-11-13)20(30)14-4-6-15(7-5-14)22(24,25)26/h2-11H,12H2,1H3. The van der Waals surface area contributed by atoms with E-state index in [2.05, 4.69) is 9.97 Å². The molecule has 4 rings (SSSR count). The van der Waals surface area contributed by atoms with Crippen LogP contribution in [0.25, 0.3) is 10.2 Å². The van der Waals surface area contributed by atoms with Crippen molar-refractivity contribution in [1.82, 2.24) is 9.97 Å². The zero-order chi connectivity index (χ0) is 22.9. The van der Waals surface area contributed by atoms with Crippen LogP contribution in [-0.2, 0) is 12.7 Å². The molecule has 1 amide bonds. The number of benzene rings is 2. The van der Waals surface area contributed by atoms with Crippen LogP contribution < -0.4 is 9.64 Å². The topological polar surface area (TPSA) is 55.3 Å². The van der Waals surface area contributed by atoms with Crippen LogP contribution in [0, 0.1) is 0 Å². The van der Waals surface area contributed by atoms with E-state index in [1.54, 1.807) is 36.7 Å². The van der Waals surface area contributed by atoms with Crippen molar-refractivity contribution in [3.8, 4) is 5.75 Å². The number of fused-ring (bicyclic) bond motifs is 1. The van der Waals surface area contributed by atoms with Crippen molar-refractivity contribution >= 4 is 44.2 Å². The second kappa shape index (κ2) is 8.76. The Morgan fingerprint density at radius 1 is 1.16 bits per heavy atom. The van der Waals surface area contributed by atoms with Gasteiger partial charge in [0, 0.05) is 18.0 Å². The van der Waals surface area contributed by atoms with E-state index >= 15 is 0 Å². The fourth-order valence-electron chi connectivity index (χ4n) is 3.08. The van der Waals surface area contributed by atoms with E-state index in [9.17, 15) is 18.0 Å². The molecule has 0 fully saturated rings. The van der Waals surface area contributed by atoms with E-state index in [1.165, 1.54) is 23.3 Å². The van der Waals surface area contributed by atoms with Gasteiger partial charge in [-0.25, -0.2) is 4.98 Å². The quantitative estimate of drug-likeness (QED) is 0.342. The minimum atomic E-state index is -4.49. The fraction of sp³-hybridized carbons (Fsp3) is 0.136. The van der Waals surface area contributed by atoms with Crippen LogP contribution in [0.5, 0.6) is 5.75 Å². The summed E-state index contributed by atoms with van der Waals surface area (Å²) in [6, 6.07) is 11.0. The molecule has 0 aliphatic rings. The molecule has 2 aromatic carbocycles. The maximum absolute atomic E-state index is 13.4. The highest BCUT2D eigenvalue weighted by molar-refractivity contribution is 7.23. The van der Waals surface area contributed by atoms with Crippen LogP contribution in [0.4, 0.5) is 18.3 Å². The monoisotopic (exact) mass is 477 g/mol. The molecule has 0 atom stereocenters. The van der Waals surface area contributed by atoms with Gasteiger partial charge in [-0.1, -0.05) is 29.0 Å². The Kier molecular flexibility index (Phi) is 6.03. The van der Waals surface area contributed by atoms with E-state index < -0.39 is 17.6 Å². The summed E-state index contributed by atoms with van der Waals surface area (Å²) < 4.78 is 44.8. The summed E-state index contributed by atoms with van der Waals surface area (Å²) in [7, 11) is 1.50. The largest absolute Gasteiger partial charge is 0.494 e. The molecule has 0 unspecified atom stereocenters. The number of carbonyl (C=O) groups is 1. The Morgan fingerprint density at radius 3 is 2.53 bits per heavy atom. The van der Waals surface area contributed by atoms with Gasteiger partial charge in [-0.3, -0.25) is 14.7 Å². The van der Waals surface area contributed by atoms with Crippen LogP contribution in [0.15, 0.2) is 60.9 Å². The van der Waals surface area contributed by atoms with E-state index in [-0.39, 0.29) is 12.1 Å². The summed E-state index contributed by atoms with van der Waals surface area (Å²) in [5.74, 6) is -0.00747. The number of ether oxygens (including phenoxy) is 1. The summed E-state index contributed by atoms with van der Waals surface area (Å²) >= 11 is 7.51. The molecule has 0 radical (unpaired) electrons. The molecular formula is C22H15ClF3N3O2S. The normalized spacial score (nSPS) is 11.5. The number of pyridine rings is 1. The first-order valence-electron chi connectivity index (χ1n) is 9.29. The molecule has 0 saturated heterocycles. The summed E-state index contributed by atoms with van der Waals surface area (Å²) in [5, 5.41) is 0.785. The van der Waals surface area contributed by atoms with Gasteiger partial charge in [0.05, 0.1) is 28.9 Å². The molecule has 4 aromatic rings. The number of thiazole rings is 1. The number of halogens is 4. The highest BCUT2D eigenvalue weighted by atomic mass is 35.5. The fourth-order valence-corrected chi connectivity index (χ4v) is 4.33. The third-order valence-electron chi connectivity index (χ3n) is 4.67. The van der Waals surface area contributed by atoms with Gasteiger partial charge in [-0.05, 0) is 48.0 Å². The van der Waals surface area contributed by atoms with Crippen LogP contribution in [-0.4, -0.2) is 23.0 Å². The van der Waals surface area contributed by atoms with Crippen LogP contribution in [0.3, 0.4) is 0 Å². The number of methoxy groups -OCH3 is 1. The molecule has 0 saturated carbocycles. The first-order valence-corrected chi connectivity index (χ1v) is 10.5.